The number of aryl methyl sites for hydroxylation is 1. The van der Waals surface area contributed by atoms with Gasteiger partial charge in [0.25, 0.3) is 0 Å². The Labute approximate surface area is 174 Å². The van der Waals surface area contributed by atoms with E-state index in [1.165, 1.54) is 10.5 Å². The third kappa shape index (κ3) is 4.44. The van der Waals surface area contributed by atoms with Gasteiger partial charge in [-0.25, -0.2) is 4.79 Å². The normalized spacial score (nSPS) is 20.3. The molecule has 2 N–H and O–H groups in total. The Morgan fingerprint density at radius 1 is 1.38 bits per heavy atom. The fraction of sp³-hybridized carbons (Fsp3) is 0.542. The number of nitrogens with zero attached hydrogens (tertiary/aromatic N) is 1. The van der Waals surface area contributed by atoms with E-state index in [4.69, 9.17) is 4.74 Å². The second-order valence-corrected chi connectivity index (χ2v) is 8.54. The number of hydrogen-bond donors (Lipinski definition) is 2. The lowest BCUT2D eigenvalue weighted by molar-refractivity contribution is 0.217. The van der Waals surface area contributed by atoms with E-state index < -0.39 is 0 Å². The molecule has 2 atom stereocenters. The van der Waals surface area contributed by atoms with Crippen molar-refractivity contribution >= 4 is 6.03 Å². The zero-order valence-corrected chi connectivity index (χ0v) is 18.2. The van der Waals surface area contributed by atoms with E-state index in [2.05, 4.69) is 37.9 Å². The van der Waals surface area contributed by atoms with Gasteiger partial charge in [-0.3, -0.25) is 0 Å². The van der Waals surface area contributed by atoms with Gasteiger partial charge >= 0.3 is 6.03 Å². The summed E-state index contributed by atoms with van der Waals surface area (Å²) in [5, 5.41) is 14.3. The van der Waals surface area contributed by atoms with E-state index in [9.17, 15) is 9.90 Å². The van der Waals surface area contributed by atoms with Crippen molar-refractivity contribution < 1.29 is 14.6 Å². The van der Waals surface area contributed by atoms with Crippen LogP contribution in [-0.4, -0.2) is 30.1 Å². The van der Waals surface area contributed by atoms with E-state index in [0.717, 1.165) is 61.0 Å². The van der Waals surface area contributed by atoms with Crippen LogP contribution in [-0.2, 0) is 13.0 Å². The number of phenols is 1. The van der Waals surface area contributed by atoms with Gasteiger partial charge in [-0.05, 0) is 44.2 Å². The summed E-state index contributed by atoms with van der Waals surface area (Å²) in [5.74, 6) is 2.04. The van der Waals surface area contributed by atoms with Gasteiger partial charge in [0.2, 0.25) is 0 Å². The molecule has 2 aliphatic rings. The number of hydrogen-bond acceptors (Lipinski definition) is 3. The number of carbonyl (C=O) groups excluding carboxylic acids is 1. The van der Waals surface area contributed by atoms with E-state index in [-0.39, 0.29) is 23.6 Å². The Bertz CT molecular complexity index is 826. The Balaban J connectivity index is 2.03. The molecule has 158 valence electrons. The number of ether oxygens (including phenoxy) is 1. The zero-order valence-electron chi connectivity index (χ0n) is 18.2. The van der Waals surface area contributed by atoms with Crippen LogP contribution in [0.3, 0.4) is 0 Å². The average molecular weight is 399 g/mol. The largest absolute Gasteiger partial charge is 0.507 e. The maximum absolute atomic E-state index is 12.1. The van der Waals surface area contributed by atoms with Gasteiger partial charge in [-0.2, -0.15) is 0 Å². The predicted molar refractivity (Wildman–Crippen MR) is 116 cm³/mol. The lowest BCUT2D eigenvalue weighted by Gasteiger charge is -2.37. The summed E-state index contributed by atoms with van der Waals surface area (Å²) in [6.45, 7) is 8.78. The summed E-state index contributed by atoms with van der Waals surface area (Å²) in [5.41, 5.74) is 4.02. The fourth-order valence-corrected chi connectivity index (χ4v) is 4.40. The van der Waals surface area contributed by atoms with Crippen molar-refractivity contribution in [2.45, 2.75) is 64.8 Å². The third-order valence-corrected chi connectivity index (χ3v) is 6.11. The minimum Gasteiger partial charge on any atom is -0.507 e. The Kier molecular flexibility index (Phi) is 6.56. The first-order valence-electron chi connectivity index (χ1n) is 10.7. The van der Waals surface area contributed by atoms with Gasteiger partial charge < -0.3 is 20.1 Å². The number of rotatable bonds is 6. The van der Waals surface area contributed by atoms with Gasteiger partial charge in [0.15, 0.2) is 0 Å². The molecular weight excluding hydrogens is 364 g/mol. The summed E-state index contributed by atoms with van der Waals surface area (Å²) in [4.78, 5) is 13.6. The molecule has 2 amide bonds. The number of aromatic hydroxyl groups is 1. The Hall–Kier alpha value is -2.43. The molecule has 0 saturated carbocycles. The highest BCUT2D eigenvalue weighted by atomic mass is 16.5. The van der Waals surface area contributed by atoms with E-state index in [1.54, 1.807) is 14.1 Å². The molecule has 0 radical (unpaired) electrons. The third-order valence-electron chi connectivity index (χ3n) is 6.11. The van der Waals surface area contributed by atoms with Crippen LogP contribution in [0.4, 0.5) is 4.79 Å². The highest BCUT2D eigenvalue weighted by Crippen LogP contribution is 2.52. The molecule has 5 nitrogen and oxygen atoms in total. The summed E-state index contributed by atoms with van der Waals surface area (Å²) in [7, 11) is 3.42. The molecule has 1 aliphatic carbocycles. The summed E-state index contributed by atoms with van der Waals surface area (Å²) < 4.78 is 6.10. The SMILES string of the molecule is C=C1Oc2cc(CCCCC)c(CNC(=O)N(C)C)c(O)c2C2C=C(C)CCC12. The number of phenolic OH excluding ortho intramolecular Hbond substituents is 1. The smallest absolute Gasteiger partial charge is 0.317 e. The summed E-state index contributed by atoms with van der Waals surface area (Å²) in [6.07, 6.45) is 8.40. The number of carbonyl (C=O) groups is 1. The zero-order chi connectivity index (χ0) is 21.1. The van der Waals surface area contributed by atoms with E-state index in [0.29, 0.717) is 12.3 Å². The number of urea groups is 1. The molecule has 0 fully saturated rings. The topological polar surface area (TPSA) is 61.8 Å². The maximum atomic E-state index is 12.1. The lowest BCUT2D eigenvalue weighted by atomic mass is 9.73. The van der Waals surface area contributed by atoms with Crippen molar-refractivity contribution in [2.24, 2.45) is 5.92 Å². The van der Waals surface area contributed by atoms with Crippen molar-refractivity contribution in [2.75, 3.05) is 14.1 Å². The minimum absolute atomic E-state index is 0.0768. The van der Waals surface area contributed by atoms with Crippen LogP contribution in [0.15, 0.2) is 30.1 Å². The van der Waals surface area contributed by atoms with Crippen LogP contribution in [0.25, 0.3) is 0 Å². The van der Waals surface area contributed by atoms with Crippen molar-refractivity contribution in [3.05, 3.63) is 46.7 Å². The predicted octanol–water partition coefficient (Wildman–Crippen LogP) is 5.24. The molecule has 2 unspecified atom stereocenters. The number of unbranched alkanes of at least 4 members (excludes halogenated alkanes) is 2. The highest BCUT2D eigenvalue weighted by molar-refractivity contribution is 5.73. The van der Waals surface area contributed by atoms with Crippen LogP contribution in [0.5, 0.6) is 11.5 Å². The van der Waals surface area contributed by atoms with Gasteiger partial charge in [0.1, 0.15) is 17.3 Å². The Morgan fingerprint density at radius 2 is 2.14 bits per heavy atom. The first-order valence-corrected chi connectivity index (χ1v) is 10.7. The molecule has 1 aliphatic heterocycles. The minimum atomic E-state index is -0.169. The monoisotopic (exact) mass is 398 g/mol. The average Bonchev–Trinajstić information content (AvgIpc) is 2.67. The van der Waals surface area contributed by atoms with Gasteiger partial charge in [0.05, 0.1) is 0 Å². The van der Waals surface area contributed by atoms with E-state index >= 15 is 0 Å². The number of allylic oxidation sites excluding steroid dienone is 3. The van der Waals surface area contributed by atoms with Gasteiger partial charge in [0, 0.05) is 43.6 Å². The van der Waals surface area contributed by atoms with Gasteiger partial charge in [-0.15, -0.1) is 0 Å². The van der Waals surface area contributed by atoms with E-state index in [1.807, 2.05) is 0 Å². The van der Waals surface area contributed by atoms with Crippen LogP contribution >= 0.6 is 0 Å². The molecule has 5 heteroatoms. The molecule has 1 aromatic rings. The van der Waals surface area contributed by atoms with Crippen molar-refractivity contribution in [3.63, 3.8) is 0 Å². The van der Waals surface area contributed by atoms with Crippen molar-refractivity contribution in [1.29, 1.82) is 0 Å². The molecule has 0 aromatic heterocycles. The molecule has 29 heavy (non-hydrogen) atoms. The molecule has 0 spiro atoms. The lowest BCUT2D eigenvalue weighted by Crippen LogP contribution is -2.34. The number of fused-ring (bicyclic) bond motifs is 3. The molecular formula is C24H34N2O3. The van der Waals surface area contributed by atoms with Crippen LogP contribution in [0.1, 0.15) is 68.6 Å². The molecule has 1 aromatic carbocycles. The first kappa shape index (κ1) is 21.3. The second-order valence-electron chi connectivity index (χ2n) is 8.54. The fourth-order valence-electron chi connectivity index (χ4n) is 4.40. The second kappa shape index (κ2) is 8.93. The van der Waals surface area contributed by atoms with Gasteiger partial charge in [-0.1, -0.05) is 38.0 Å². The maximum Gasteiger partial charge on any atom is 0.317 e. The van der Waals surface area contributed by atoms with Crippen molar-refractivity contribution in [1.82, 2.24) is 10.2 Å². The standard InChI is InChI=1S/C24H34N2O3/c1-6-7-8-9-17-13-21-22(23(27)20(17)14-25-24(28)26(4)5)19-12-15(2)10-11-18(19)16(3)29-21/h12-13,18-19,27H,3,6-11,14H2,1-2,4-5H3,(H,25,28). The summed E-state index contributed by atoms with van der Waals surface area (Å²) in [6, 6.07) is 1.89. The number of nitrogens with one attached hydrogen (secondary N) is 1. The molecule has 3 rings (SSSR count). The molecule has 0 bridgehead atoms. The molecule has 1 heterocycles. The van der Waals surface area contributed by atoms with Crippen LogP contribution < -0.4 is 10.1 Å². The highest BCUT2D eigenvalue weighted by Gasteiger charge is 2.38. The number of benzene rings is 1. The molecule has 0 saturated heterocycles. The first-order chi connectivity index (χ1) is 13.8. The Morgan fingerprint density at radius 3 is 2.83 bits per heavy atom. The van der Waals surface area contributed by atoms with Crippen LogP contribution in [0.2, 0.25) is 0 Å². The van der Waals surface area contributed by atoms with Crippen LogP contribution in [0, 0.1) is 5.92 Å². The number of amides is 2. The van der Waals surface area contributed by atoms with Crippen molar-refractivity contribution in [3.8, 4) is 11.5 Å². The quantitative estimate of drug-likeness (QED) is 0.509. The summed E-state index contributed by atoms with van der Waals surface area (Å²) >= 11 is 0.